The van der Waals surface area contributed by atoms with Gasteiger partial charge in [0.05, 0.1) is 6.26 Å². The minimum absolute atomic E-state index is 0.0915. The number of benzene rings is 1. The molecule has 2 heterocycles. The monoisotopic (exact) mass is 435 g/mol. The molecule has 2 aromatic rings. The predicted octanol–water partition coefficient (Wildman–Crippen LogP) is 3.95. The van der Waals surface area contributed by atoms with Crippen LogP contribution in [0.3, 0.4) is 0 Å². The maximum Gasteiger partial charge on any atom is 0.246 e. The van der Waals surface area contributed by atoms with E-state index in [2.05, 4.69) is 53.1 Å². The van der Waals surface area contributed by atoms with Gasteiger partial charge in [-0.25, -0.2) is 0 Å². The first kappa shape index (κ1) is 22.8. The highest BCUT2D eigenvalue weighted by molar-refractivity contribution is 5.91. The maximum atomic E-state index is 13.0. The van der Waals surface area contributed by atoms with E-state index in [9.17, 15) is 4.79 Å². The van der Waals surface area contributed by atoms with E-state index < -0.39 is 0 Å². The van der Waals surface area contributed by atoms with Gasteiger partial charge in [0.1, 0.15) is 5.76 Å². The van der Waals surface area contributed by atoms with Crippen molar-refractivity contribution in [3.63, 3.8) is 0 Å². The molecule has 1 aliphatic heterocycles. The minimum Gasteiger partial charge on any atom is -0.465 e. The molecule has 1 aromatic heterocycles. The van der Waals surface area contributed by atoms with Crippen LogP contribution in [0.5, 0.6) is 0 Å². The van der Waals surface area contributed by atoms with E-state index in [4.69, 9.17) is 4.42 Å². The summed E-state index contributed by atoms with van der Waals surface area (Å²) >= 11 is 0. The average molecular weight is 436 g/mol. The van der Waals surface area contributed by atoms with Crippen LogP contribution in [0.1, 0.15) is 36.1 Å². The molecule has 0 atom stereocenters. The van der Waals surface area contributed by atoms with Gasteiger partial charge in [0.25, 0.3) is 0 Å². The van der Waals surface area contributed by atoms with Crippen LogP contribution in [0.25, 0.3) is 6.08 Å². The Kier molecular flexibility index (Phi) is 7.82. The first-order chi connectivity index (χ1) is 15.6. The molecule has 172 valence electrons. The number of likely N-dealkylation sites (tertiary alicyclic amines) is 1. The number of fused-ring (bicyclic) bond motifs is 1. The molecule has 4 rings (SSSR count). The fraction of sp³-hybridized carbons (Fsp3) is 0.519. The molecule has 1 fully saturated rings. The van der Waals surface area contributed by atoms with Gasteiger partial charge in [-0.05, 0) is 101 Å². The summed E-state index contributed by atoms with van der Waals surface area (Å²) in [6.07, 6.45) is 10.8. The van der Waals surface area contributed by atoms with E-state index in [1.165, 1.54) is 36.8 Å². The molecule has 1 aliphatic carbocycles. The highest BCUT2D eigenvalue weighted by Gasteiger charge is 2.30. The van der Waals surface area contributed by atoms with Gasteiger partial charge < -0.3 is 14.2 Å². The van der Waals surface area contributed by atoms with E-state index in [0.29, 0.717) is 12.0 Å². The van der Waals surface area contributed by atoms with Gasteiger partial charge in [-0.1, -0.05) is 24.3 Å². The van der Waals surface area contributed by atoms with Crippen molar-refractivity contribution in [2.75, 3.05) is 46.8 Å². The Balaban J connectivity index is 1.29. The van der Waals surface area contributed by atoms with E-state index in [-0.39, 0.29) is 5.91 Å². The van der Waals surface area contributed by atoms with Crippen LogP contribution < -0.4 is 0 Å². The van der Waals surface area contributed by atoms with Gasteiger partial charge in [-0.3, -0.25) is 9.69 Å². The summed E-state index contributed by atoms with van der Waals surface area (Å²) in [5.74, 6) is 1.39. The van der Waals surface area contributed by atoms with Crippen molar-refractivity contribution in [2.45, 2.75) is 38.1 Å². The van der Waals surface area contributed by atoms with Crippen molar-refractivity contribution in [1.82, 2.24) is 14.7 Å². The molecule has 0 bridgehead atoms. The Morgan fingerprint density at radius 1 is 1.06 bits per heavy atom. The fourth-order valence-electron chi connectivity index (χ4n) is 5.12. The zero-order valence-electron chi connectivity index (χ0n) is 19.6. The van der Waals surface area contributed by atoms with Crippen LogP contribution in [0.4, 0.5) is 0 Å². The number of rotatable bonds is 9. The van der Waals surface area contributed by atoms with Gasteiger partial charge in [-0.2, -0.15) is 0 Å². The van der Waals surface area contributed by atoms with Crippen LogP contribution in [0.15, 0.2) is 53.2 Å². The summed E-state index contributed by atoms with van der Waals surface area (Å²) in [6.45, 7) is 4.94. The van der Waals surface area contributed by atoms with Crippen LogP contribution in [0, 0.1) is 5.92 Å². The molecule has 0 N–H and O–H groups in total. The Hall–Kier alpha value is -2.37. The number of furan rings is 1. The second-order valence-corrected chi connectivity index (χ2v) is 9.60. The summed E-state index contributed by atoms with van der Waals surface area (Å²) in [5, 5.41) is 0. The lowest BCUT2D eigenvalue weighted by Gasteiger charge is -2.37. The van der Waals surface area contributed by atoms with Gasteiger partial charge >= 0.3 is 0 Å². The molecule has 1 saturated heterocycles. The average Bonchev–Trinajstić information content (AvgIpc) is 3.47. The van der Waals surface area contributed by atoms with Crippen LogP contribution in [0.2, 0.25) is 0 Å². The lowest BCUT2D eigenvalue weighted by molar-refractivity contribution is -0.127. The highest BCUT2D eigenvalue weighted by Crippen LogP contribution is 2.29. The van der Waals surface area contributed by atoms with E-state index >= 15 is 0 Å². The number of hydrogen-bond donors (Lipinski definition) is 0. The van der Waals surface area contributed by atoms with E-state index in [0.717, 1.165) is 44.9 Å². The minimum atomic E-state index is 0.0915. The third kappa shape index (κ3) is 6.11. The summed E-state index contributed by atoms with van der Waals surface area (Å²) < 4.78 is 5.34. The quantitative estimate of drug-likeness (QED) is 0.559. The lowest BCUT2D eigenvalue weighted by atomic mass is 9.94. The van der Waals surface area contributed by atoms with Crippen molar-refractivity contribution in [3.8, 4) is 0 Å². The molecule has 0 spiro atoms. The zero-order valence-corrected chi connectivity index (χ0v) is 19.6. The maximum absolute atomic E-state index is 13.0. The summed E-state index contributed by atoms with van der Waals surface area (Å²) in [4.78, 5) is 19.9. The number of hydrogen-bond acceptors (Lipinski definition) is 4. The molecule has 1 aromatic carbocycles. The highest BCUT2D eigenvalue weighted by atomic mass is 16.3. The van der Waals surface area contributed by atoms with Gasteiger partial charge in [0.15, 0.2) is 0 Å². The van der Waals surface area contributed by atoms with Crippen molar-refractivity contribution >= 4 is 12.0 Å². The summed E-state index contributed by atoms with van der Waals surface area (Å²) in [6, 6.07) is 13.3. The smallest absolute Gasteiger partial charge is 0.246 e. The molecule has 32 heavy (non-hydrogen) atoms. The van der Waals surface area contributed by atoms with Crippen molar-refractivity contribution in [1.29, 1.82) is 0 Å². The van der Waals surface area contributed by atoms with Crippen molar-refractivity contribution < 1.29 is 9.21 Å². The number of amides is 1. The predicted molar refractivity (Wildman–Crippen MR) is 129 cm³/mol. The van der Waals surface area contributed by atoms with Crippen molar-refractivity contribution in [3.05, 3.63) is 65.6 Å². The Morgan fingerprint density at radius 3 is 2.41 bits per heavy atom. The Morgan fingerprint density at radius 2 is 1.78 bits per heavy atom. The van der Waals surface area contributed by atoms with E-state index in [1.807, 2.05) is 12.1 Å². The molecule has 1 amide bonds. The third-order valence-corrected chi connectivity index (χ3v) is 6.95. The standard InChI is InChI=1S/C27H37N3O2/c1-28(2)14-6-15-30(27(31)11-10-26-9-5-18-32-26)21-22-12-16-29(17-13-22)25-19-23-7-3-4-8-24(23)20-25/h3-5,7-11,18,22,25H,6,12-17,19-21H2,1-2H3. The molecule has 0 unspecified atom stereocenters. The zero-order chi connectivity index (χ0) is 22.3. The third-order valence-electron chi connectivity index (χ3n) is 6.95. The Bertz CT molecular complexity index is 857. The van der Waals surface area contributed by atoms with E-state index in [1.54, 1.807) is 18.4 Å². The molecule has 5 heteroatoms. The molecule has 0 saturated carbocycles. The number of carbonyl (C=O) groups excluding carboxylic acids is 1. The molecular formula is C27H37N3O2. The molecule has 2 aliphatic rings. The van der Waals surface area contributed by atoms with Gasteiger partial charge in [-0.15, -0.1) is 0 Å². The largest absolute Gasteiger partial charge is 0.465 e. The molecule has 5 nitrogen and oxygen atoms in total. The van der Waals surface area contributed by atoms with Gasteiger partial charge in [0, 0.05) is 25.2 Å². The first-order valence-electron chi connectivity index (χ1n) is 12.0. The fourth-order valence-corrected chi connectivity index (χ4v) is 5.12. The second-order valence-electron chi connectivity index (χ2n) is 9.60. The number of nitrogens with zero attached hydrogens (tertiary/aromatic N) is 3. The van der Waals surface area contributed by atoms with Crippen LogP contribution >= 0.6 is 0 Å². The number of piperidine rings is 1. The van der Waals surface area contributed by atoms with Gasteiger partial charge in [0.2, 0.25) is 5.91 Å². The molecular weight excluding hydrogens is 398 g/mol. The first-order valence-corrected chi connectivity index (χ1v) is 12.0. The lowest BCUT2D eigenvalue weighted by Crippen LogP contribution is -2.45. The Labute approximate surface area is 192 Å². The topological polar surface area (TPSA) is 39.9 Å². The SMILES string of the molecule is CN(C)CCCN(CC1CCN(C2Cc3ccccc3C2)CC1)C(=O)C=Cc1ccco1. The second kappa shape index (κ2) is 11.0. The summed E-state index contributed by atoms with van der Waals surface area (Å²) in [5.41, 5.74) is 3.06. The number of carbonyl (C=O) groups is 1. The van der Waals surface area contributed by atoms with Crippen molar-refractivity contribution in [2.24, 2.45) is 5.92 Å². The molecule has 0 radical (unpaired) electrons. The normalized spacial score (nSPS) is 18.0. The summed E-state index contributed by atoms with van der Waals surface area (Å²) in [7, 11) is 4.17. The van der Waals surface area contributed by atoms with Crippen LogP contribution in [-0.2, 0) is 17.6 Å². The van der Waals surface area contributed by atoms with Crippen LogP contribution in [-0.4, -0.2) is 73.5 Å².